The fraction of sp³-hybridized carbons (Fsp3) is 0.368. The number of hydrogen-bond donors (Lipinski definition) is 4. The number of pyridine rings is 1. The van der Waals surface area contributed by atoms with Gasteiger partial charge in [-0.25, -0.2) is 4.98 Å². The van der Waals surface area contributed by atoms with Crippen molar-refractivity contribution in [1.82, 2.24) is 15.2 Å². The first-order chi connectivity index (χ1) is 12.1. The van der Waals surface area contributed by atoms with Crippen LogP contribution >= 0.6 is 0 Å². The van der Waals surface area contributed by atoms with Crippen molar-refractivity contribution in [3.8, 4) is 11.3 Å². The quantitative estimate of drug-likeness (QED) is 0.590. The van der Waals surface area contributed by atoms with Gasteiger partial charge in [0.2, 0.25) is 0 Å². The molecule has 2 fully saturated rings. The molecule has 6 heteroatoms. The second-order valence-corrected chi connectivity index (χ2v) is 7.42. The van der Waals surface area contributed by atoms with Crippen molar-refractivity contribution in [3.05, 3.63) is 36.5 Å². The molecule has 0 spiro atoms. The summed E-state index contributed by atoms with van der Waals surface area (Å²) < 4.78 is 0. The Balaban J connectivity index is 1.48. The Kier molecular flexibility index (Phi) is 3.06. The van der Waals surface area contributed by atoms with Gasteiger partial charge in [-0.15, -0.1) is 0 Å². The predicted octanol–water partition coefficient (Wildman–Crippen LogP) is 2.92. The molecule has 0 saturated heterocycles. The molecule has 128 valence electrons. The highest BCUT2D eigenvalue weighted by Gasteiger charge is 2.55. The monoisotopic (exact) mass is 335 g/mol. The molecule has 6 nitrogen and oxygen atoms in total. The lowest BCUT2D eigenvalue weighted by Gasteiger charge is -2.27. The Morgan fingerprint density at radius 3 is 3.00 bits per heavy atom. The Morgan fingerprint density at radius 2 is 2.20 bits per heavy atom. The van der Waals surface area contributed by atoms with Gasteiger partial charge in [0.1, 0.15) is 5.82 Å². The smallest absolute Gasteiger partial charge is 0.126 e. The molecule has 5 N–H and O–H groups in total. The summed E-state index contributed by atoms with van der Waals surface area (Å²) in [6.07, 6.45) is 5.59. The highest BCUT2D eigenvalue weighted by atomic mass is 16.3. The maximum atomic E-state index is 10.2. The molecule has 2 aromatic heterocycles. The van der Waals surface area contributed by atoms with Crippen LogP contribution in [-0.2, 0) is 0 Å². The van der Waals surface area contributed by atoms with E-state index in [1.54, 1.807) is 6.20 Å². The molecule has 0 aliphatic heterocycles. The summed E-state index contributed by atoms with van der Waals surface area (Å²) in [4.78, 5) is 4.50. The number of aromatic nitrogens is 3. The molecule has 2 heterocycles. The number of H-pyrrole nitrogens is 1. The molecule has 0 radical (unpaired) electrons. The van der Waals surface area contributed by atoms with Crippen LogP contribution in [-0.4, -0.2) is 31.9 Å². The van der Waals surface area contributed by atoms with E-state index in [1.807, 2.05) is 18.2 Å². The number of benzene rings is 1. The number of nitrogens with one attached hydrogen (secondary N) is 2. The molecule has 2 aliphatic carbocycles. The first-order valence-electron chi connectivity index (χ1n) is 8.80. The van der Waals surface area contributed by atoms with Gasteiger partial charge in [0.15, 0.2) is 0 Å². The van der Waals surface area contributed by atoms with Crippen molar-refractivity contribution in [2.45, 2.75) is 37.3 Å². The molecule has 0 bridgehead atoms. The minimum Gasteiger partial charge on any atom is -0.390 e. The summed E-state index contributed by atoms with van der Waals surface area (Å²) in [5, 5.41) is 21.9. The second kappa shape index (κ2) is 5.20. The zero-order chi connectivity index (χ0) is 17.0. The SMILES string of the molecule is Nc1cc(NC2CC[C@@]3(O)C[C@H]3C2)c2ccc(-c3ccn[nH]3)cc2n1. The highest BCUT2D eigenvalue weighted by Crippen LogP contribution is 2.53. The fourth-order valence-corrected chi connectivity index (χ4v) is 4.17. The molecule has 5 rings (SSSR count). The van der Waals surface area contributed by atoms with Crippen LogP contribution in [0.4, 0.5) is 11.5 Å². The maximum absolute atomic E-state index is 10.2. The Labute approximate surface area is 145 Å². The number of nitrogens with two attached hydrogens (primary N) is 1. The molecule has 2 saturated carbocycles. The molecule has 1 unspecified atom stereocenters. The summed E-state index contributed by atoms with van der Waals surface area (Å²) in [6.45, 7) is 0. The number of fused-ring (bicyclic) bond motifs is 2. The van der Waals surface area contributed by atoms with Crippen molar-refractivity contribution < 1.29 is 5.11 Å². The van der Waals surface area contributed by atoms with Crippen molar-refractivity contribution in [2.75, 3.05) is 11.1 Å². The lowest BCUT2D eigenvalue weighted by Crippen LogP contribution is -2.29. The second-order valence-electron chi connectivity index (χ2n) is 7.42. The zero-order valence-electron chi connectivity index (χ0n) is 13.9. The lowest BCUT2D eigenvalue weighted by atomic mass is 9.93. The van der Waals surface area contributed by atoms with E-state index in [1.165, 1.54) is 0 Å². The van der Waals surface area contributed by atoms with Crippen LogP contribution < -0.4 is 11.1 Å². The standard InChI is InChI=1S/C19H21N5O/c20-18-9-17(22-13-3-5-19(25)10-12(19)8-13)14-2-1-11(7-16(14)23-18)15-4-6-21-24-15/h1-2,4,6-7,9,12-13,25H,3,5,8,10H2,(H,21,24)(H3,20,22,23)/t12-,13?,19-/m1/s1. The van der Waals surface area contributed by atoms with Crippen LogP contribution in [0.2, 0.25) is 0 Å². The molecule has 3 atom stereocenters. The van der Waals surface area contributed by atoms with Crippen molar-refractivity contribution in [2.24, 2.45) is 5.92 Å². The molecule has 2 aliphatic rings. The van der Waals surface area contributed by atoms with E-state index in [4.69, 9.17) is 5.73 Å². The van der Waals surface area contributed by atoms with Gasteiger partial charge in [-0.1, -0.05) is 12.1 Å². The summed E-state index contributed by atoms with van der Waals surface area (Å²) in [6, 6.07) is 10.4. The van der Waals surface area contributed by atoms with Gasteiger partial charge in [0.05, 0.1) is 16.8 Å². The van der Waals surface area contributed by atoms with Gasteiger partial charge in [-0.2, -0.15) is 5.10 Å². The first-order valence-corrected chi connectivity index (χ1v) is 8.80. The van der Waals surface area contributed by atoms with E-state index in [0.29, 0.717) is 17.8 Å². The number of rotatable bonds is 3. The Bertz CT molecular complexity index is 938. The van der Waals surface area contributed by atoms with E-state index < -0.39 is 0 Å². The van der Waals surface area contributed by atoms with Crippen LogP contribution in [0.1, 0.15) is 25.7 Å². The minimum atomic E-state index is -0.365. The maximum Gasteiger partial charge on any atom is 0.126 e. The molecular formula is C19H21N5O. The Morgan fingerprint density at radius 1 is 1.28 bits per heavy atom. The Hall–Kier alpha value is -2.60. The van der Waals surface area contributed by atoms with E-state index in [0.717, 1.165) is 53.5 Å². The summed E-state index contributed by atoms with van der Waals surface area (Å²) in [5.74, 6) is 0.965. The highest BCUT2D eigenvalue weighted by molar-refractivity contribution is 5.95. The van der Waals surface area contributed by atoms with Gasteiger partial charge in [0, 0.05) is 34.9 Å². The van der Waals surface area contributed by atoms with Crippen LogP contribution in [0.15, 0.2) is 36.5 Å². The molecule has 25 heavy (non-hydrogen) atoms. The molecular weight excluding hydrogens is 314 g/mol. The molecule has 0 amide bonds. The topological polar surface area (TPSA) is 99.9 Å². The summed E-state index contributed by atoms with van der Waals surface area (Å²) in [5.41, 5.74) is 9.57. The van der Waals surface area contributed by atoms with Crippen LogP contribution in [0, 0.1) is 5.92 Å². The van der Waals surface area contributed by atoms with Gasteiger partial charge < -0.3 is 16.2 Å². The number of anilines is 2. The number of nitrogen functional groups attached to an aromatic ring is 1. The number of hydrogen-bond acceptors (Lipinski definition) is 5. The normalized spacial score (nSPS) is 27.9. The molecule has 1 aromatic carbocycles. The largest absolute Gasteiger partial charge is 0.390 e. The summed E-state index contributed by atoms with van der Waals surface area (Å²) in [7, 11) is 0. The average Bonchev–Trinajstić information content (AvgIpc) is 3.01. The predicted molar refractivity (Wildman–Crippen MR) is 98.1 cm³/mol. The van der Waals surface area contributed by atoms with Crippen molar-refractivity contribution >= 4 is 22.4 Å². The fourth-order valence-electron chi connectivity index (χ4n) is 4.17. The van der Waals surface area contributed by atoms with E-state index in [-0.39, 0.29) is 5.60 Å². The molecule has 3 aromatic rings. The lowest BCUT2D eigenvalue weighted by molar-refractivity contribution is 0.0982. The third kappa shape index (κ3) is 2.53. The number of aromatic amines is 1. The average molecular weight is 335 g/mol. The number of aliphatic hydroxyl groups is 1. The van der Waals surface area contributed by atoms with Crippen molar-refractivity contribution in [3.63, 3.8) is 0 Å². The number of nitrogens with zero attached hydrogens (tertiary/aromatic N) is 2. The van der Waals surface area contributed by atoms with Gasteiger partial charge in [-0.05, 0) is 43.7 Å². The van der Waals surface area contributed by atoms with Crippen LogP contribution in [0.5, 0.6) is 0 Å². The van der Waals surface area contributed by atoms with E-state index in [2.05, 4.69) is 32.6 Å². The van der Waals surface area contributed by atoms with Gasteiger partial charge >= 0.3 is 0 Å². The van der Waals surface area contributed by atoms with Crippen molar-refractivity contribution in [1.29, 1.82) is 0 Å². The van der Waals surface area contributed by atoms with Crippen LogP contribution in [0.25, 0.3) is 22.2 Å². The first kappa shape index (κ1) is 14.7. The van der Waals surface area contributed by atoms with E-state index >= 15 is 0 Å². The third-order valence-corrected chi connectivity index (χ3v) is 5.70. The van der Waals surface area contributed by atoms with Gasteiger partial charge in [0.25, 0.3) is 0 Å². The zero-order valence-corrected chi connectivity index (χ0v) is 13.9. The third-order valence-electron chi connectivity index (χ3n) is 5.70. The minimum absolute atomic E-state index is 0.365. The van der Waals surface area contributed by atoms with Gasteiger partial charge in [-0.3, -0.25) is 5.10 Å². The summed E-state index contributed by atoms with van der Waals surface area (Å²) >= 11 is 0. The van der Waals surface area contributed by atoms with Crippen LogP contribution in [0.3, 0.4) is 0 Å². The van der Waals surface area contributed by atoms with E-state index in [9.17, 15) is 5.11 Å².